The van der Waals surface area contributed by atoms with E-state index in [9.17, 15) is 0 Å². The van der Waals surface area contributed by atoms with E-state index < -0.39 is 0 Å². The molecular weight excluding hydrogens is 312 g/mol. The fourth-order valence-electron chi connectivity index (χ4n) is 2.86. The number of aliphatic imine (C=N–C) groups is 1. The Kier molecular flexibility index (Phi) is 6.92. The van der Waals surface area contributed by atoms with Gasteiger partial charge in [0, 0.05) is 5.75 Å². The molecule has 0 bridgehead atoms. The Labute approximate surface area is 150 Å². The van der Waals surface area contributed by atoms with Gasteiger partial charge < -0.3 is 5.73 Å². The predicted octanol–water partition coefficient (Wildman–Crippen LogP) is 5.52. The number of rotatable bonds is 4. The topological polar surface area (TPSA) is 38.4 Å². The van der Waals surface area contributed by atoms with Crippen molar-refractivity contribution in [2.75, 3.05) is 5.75 Å². The summed E-state index contributed by atoms with van der Waals surface area (Å²) in [5.41, 5.74) is 9.81. The third-order valence-electron chi connectivity index (χ3n) is 4.26. The molecule has 3 heteroatoms. The molecule has 2 aromatic rings. The van der Waals surface area contributed by atoms with E-state index in [-0.39, 0.29) is 5.54 Å². The van der Waals surface area contributed by atoms with E-state index in [0.717, 1.165) is 30.2 Å². The average Bonchev–Trinajstić information content (AvgIpc) is 2.63. The summed E-state index contributed by atoms with van der Waals surface area (Å²) >= 11 is 1.67. The Morgan fingerprint density at radius 2 is 1.75 bits per heavy atom. The molecule has 1 aliphatic heterocycles. The summed E-state index contributed by atoms with van der Waals surface area (Å²) in [7, 11) is 0. The molecule has 0 aromatic heterocycles. The molecule has 0 saturated carbocycles. The lowest BCUT2D eigenvalue weighted by molar-refractivity contribution is 0.423. The highest BCUT2D eigenvalue weighted by atomic mass is 32.2. The van der Waals surface area contributed by atoms with E-state index in [1.54, 1.807) is 11.8 Å². The van der Waals surface area contributed by atoms with Crippen LogP contribution in [0.25, 0.3) is 11.1 Å². The average molecular weight is 341 g/mol. The van der Waals surface area contributed by atoms with Gasteiger partial charge in [-0.15, -0.1) is 0 Å². The second-order valence-corrected chi connectivity index (χ2v) is 7.23. The summed E-state index contributed by atoms with van der Waals surface area (Å²) in [6.45, 7) is 6.22. The molecule has 0 spiro atoms. The van der Waals surface area contributed by atoms with Gasteiger partial charge in [-0.05, 0) is 42.9 Å². The molecule has 0 radical (unpaired) electrons. The lowest BCUT2D eigenvalue weighted by atomic mass is 9.90. The lowest BCUT2D eigenvalue weighted by Gasteiger charge is -2.29. The highest BCUT2D eigenvalue weighted by Crippen LogP contribution is 2.30. The molecule has 0 amide bonds. The first kappa shape index (κ1) is 18.6. The number of nitrogens with two attached hydrogens (primary N) is 1. The highest BCUT2D eigenvalue weighted by molar-refractivity contribution is 8.13. The normalized spacial score (nSPS) is 19.9. The molecule has 24 heavy (non-hydrogen) atoms. The molecule has 1 aliphatic rings. The van der Waals surface area contributed by atoms with E-state index in [4.69, 9.17) is 5.73 Å². The maximum absolute atomic E-state index is 5.89. The fourth-order valence-corrected chi connectivity index (χ4v) is 3.90. The summed E-state index contributed by atoms with van der Waals surface area (Å²) in [6, 6.07) is 19.4. The van der Waals surface area contributed by atoms with Crippen molar-refractivity contribution in [1.29, 1.82) is 0 Å². The van der Waals surface area contributed by atoms with E-state index >= 15 is 0 Å². The molecule has 0 unspecified atom stereocenters. The predicted molar refractivity (Wildman–Crippen MR) is 109 cm³/mol. The van der Waals surface area contributed by atoms with Gasteiger partial charge in [0.25, 0.3) is 0 Å². The van der Waals surface area contributed by atoms with Gasteiger partial charge in [-0.1, -0.05) is 80.2 Å². The molecule has 2 nitrogen and oxygen atoms in total. The van der Waals surface area contributed by atoms with Gasteiger partial charge in [-0.2, -0.15) is 0 Å². The Balaban J connectivity index is 0.00000100. The van der Waals surface area contributed by atoms with Gasteiger partial charge in [0.2, 0.25) is 0 Å². The number of nitrogens with zero attached hydrogens (tertiary/aromatic N) is 1. The minimum Gasteiger partial charge on any atom is -0.379 e. The Hall–Kier alpha value is -1.74. The Bertz CT molecular complexity index is 667. The van der Waals surface area contributed by atoms with Crippen LogP contribution in [0.2, 0.25) is 0 Å². The van der Waals surface area contributed by atoms with E-state index in [1.807, 2.05) is 13.8 Å². The zero-order valence-electron chi connectivity index (χ0n) is 15.0. The first-order valence-electron chi connectivity index (χ1n) is 8.77. The number of amidine groups is 1. The van der Waals surface area contributed by atoms with Crippen LogP contribution in [0.4, 0.5) is 0 Å². The van der Waals surface area contributed by atoms with Gasteiger partial charge >= 0.3 is 0 Å². The van der Waals surface area contributed by atoms with Crippen molar-refractivity contribution in [3.8, 4) is 11.1 Å². The SMILES string of the molecule is CC.C[C@@]1(CCc2cccc(-c3ccccc3)c2)CCSC(N)=N1. The van der Waals surface area contributed by atoms with Crippen molar-refractivity contribution >= 4 is 16.9 Å². The second-order valence-electron chi connectivity index (χ2n) is 6.11. The molecule has 0 fully saturated rings. The minimum absolute atomic E-state index is 0.00190. The van der Waals surface area contributed by atoms with Crippen LogP contribution in [0, 0.1) is 0 Å². The van der Waals surface area contributed by atoms with Crippen molar-refractivity contribution in [1.82, 2.24) is 0 Å². The zero-order valence-corrected chi connectivity index (χ0v) is 15.8. The fraction of sp³-hybridized carbons (Fsp3) is 0.381. The molecule has 2 N–H and O–H groups in total. The molecule has 2 aromatic carbocycles. The molecule has 1 atom stereocenters. The van der Waals surface area contributed by atoms with Crippen molar-refractivity contribution in [2.24, 2.45) is 10.7 Å². The van der Waals surface area contributed by atoms with Crippen molar-refractivity contribution in [3.05, 3.63) is 60.2 Å². The van der Waals surface area contributed by atoms with Crippen LogP contribution in [0.15, 0.2) is 59.6 Å². The second kappa shape index (κ2) is 8.93. The van der Waals surface area contributed by atoms with Gasteiger partial charge in [0.1, 0.15) is 0 Å². The maximum Gasteiger partial charge on any atom is 0.154 e. The standard InChI is InChI=1S/C19H22N2S.C2H6/c1-19(12-13-22-18(20)21-19)11-10-15-6-5-9-17(14-15)16-7-3-2-4-8-16;1-2/h2-9,14H,10-13H2,1H3,(H2,20,21);1-2H3/t19-;/m1./s1. The van der Waals surface area contributed by atoms with E-state index in [2.05, 4.69) is 66.5 Å². The number of hydrogen-bond donors (Lipinski definition) is 1. The summed E-state index contributed by atoms with van der Waals surface area (Å²) in [5, 5.41) is 0.742. The van der Waals surface area contributed by atoms with Crippen molar-refractivity contribution in [3.63, 3.8) is 0 Å². The summed E-state index contributed by atoms with van der Waals surface area (Å²) < 4.78 is 0. The first-order valence-corrected chi connectivity index (χ1v) is 9.76. The molecule has 128 valence electrons. The Morgan fingerprint density at radius 1 is 1.04 bits per heavy atom. The number of hydrogen-bond acceptors (Lipinski definition) is 3. The Morgan fingerprint density at radius 3 is 2.46 bits per heavy atom. The maximum atomic E-state index is 5.89. The van der Waals surface area contributed by atoms with Crippen LogP contribution >= 0.6 is 11.8 Å². The third-order valence-corrected chi connectivity index (χ3v) is 5.05. The number of thioether (sulfide) groups is 1. The molecule has 3 rings (SSSR count). The van der Waals surface area contributed by atoms with Crippen LogP contribution < -0.4 is 5.73 Å². The van der Waals surface area contributed by atoms with Gasteiger partial charge in [0.15, 0.2) is 5.17 Å². The molecule has 1 heterocycles. The summed E-state index contributed by atoms with van der Waals surface area (Å²) in [6.07, 6.45) is 3.20. The first-order chi connectivity index (χ1) is 11.6. The van der Waals surface area contributed by atoms with Crippen molar-refractivity contribution in [2.45, 2.75) is 45.6 Å². The van der Waals surface area contributed by atoms with Gasteiger partial charge in [-0.25, -0.2) is 0 Å². The smallest absolute Gasteiger partial charge is 0.154 e. The van der Waals surface area contributed by atoms with E-state index in [1.165, 1.54) is 16.7 Å². The van der Waals surface area contributed by atoms with Crippen LogP contribution in [0.1, 0.15) is 39.2 Å². The van der Waals surface area contributed by atoms with Crippen LogP contribution in [-0.2, 0) is 6.42 Å². The summed E-state index contributed by atoms with van der Waals surface area (Å²) in [5.74, 6) is 1.08. The van der Waals surface area contributed by atoms with Crippen LogP contribution in [-0.4, -0.2) is 16.5 Å². The van der Waals surface area contributed by atoms with Crippen molar-refractivity contribution < 1.29 is 0 Å². The van der Waals surface area contributed by atoms with Crippen LogP contribution in [0.5, 0.6) is 0 Å². The quantitative estimate of drug-likeness (QED) is 0.795. The largest absolute Gasteiger partial charge is 0.379 e. The third kappa shape index (κ3) is 5.13. The summed E-state index contributed by atoms with van der Waals surface area (Å²) in [4.78, 5) is 4.67. The minimum atomic E-state index is -0.00190. The van der Waals surface area contributed by atoms with E-state index in [0.29, 0.717) is 0 Å². The molecule has 0 aliphatic carbocycles. The lowest BCUT2D eigenvalue weighted by Crippen LogP contribution is -2.31. The zero-order chi connectivity index (χ0) is 17.4. The van der Waals surface area contributed by atoms with Crippen LogP contribution in [0.3, 0.4) is 0 Å². The monoisotopic (exact) mass is 340 g/mol. The van der Waals surface area contributed by atoms with Gasteiger partial charge in [-0.3, -0.25) is 4.99 Å². The number of benzene rings is 2. The molecule has 0 saturated heterocycles. The number of aryl methyl sites for hydroxylation is 1. The molecular formula is C21H28N2S. The van der Waals surface area contributed by atoms with Gasteiger partial charge in [0.05, 0.1) is 5.54 Å². The highest BCUT2D eigenvalue weighted by Gasteiger charge is 2.26.